The van der Waals surface area contributed by atoms with Gasteiger partial charge in [-0.05, 0) is 18.2 Å². The molecule has 0 aliphatic carbocycles. The van der Waals surface area contributed by atoms with Gasteiger partial charge in [0.15, 0.2) is 0 Å². The van der Waals surface area contributed by atoms with Crippen LogP contribution in [0.4, 0.5) is 0 Å². The van der Waals surface area contributed by atoms with Gasteiger partial charge < -0.3 is 14.3 Å². The number of pyridine rings is 1. The van der Waals surface area contributed by atoms with Gasteiger partial charge in [-0.1, -0.05) is 25.4 Å². The van der Waals surface area contributed by atoms with Crippen LogP contribution >= 0.6 is 11.6 Å². The summed E-state index contributed by atoms with van der Waals surface area (Å²) in [6.07, 6.45) is 4.10. The van der Waals surface area contributed by atoms with Gasteiger partial charge in [0.25, 0.3) is 0 Å². The summed E-state index contributed by atoms with van der Waals surface area (Å²) in [5, 5.41) is 13.2. The highest BCUT2D eigenvalue weighted by atomic mass is 35.5. The van der Waals surface area contributed by atoms with E-state index in [1.807, 2.05) is 32.2 Å². The molecular weight excluding hydrogens is 394 g/mol. The summed E-state index contributed by atoms with van der Waals surface area (Å²) in [6, 6.07) is 5.02. The number of halogens is 1. The first-order valence-electron chi connectivity index (χ1n) is 9.33. The second-order valence-corrected chi connectivity index (χ2v) is 7.68. The molecule has 0 saturated heterocycles. The Kier molecular flexibility index (Phi) is 4.13. The number of rotatable bonds is 3. The Labute approximate surface area is 170 Å². The van der Waals surface area contributed by atoms with E-state index in [9.17, 15) is 4.79 Å². The van der Waals surface area contributed by atoms with Crippen molar-refractivity contribution in [1.29, 1.82) is 0 Å². The first-order chi connectivity index (χ1) is 14.0. The summed E-state index contributed by atoms with van der Waals surface area (Å²) in [4.78, 5) is 22.6. The maximum atomic E-state index is 13.3. The lowest BCUT2D eigenvalue weighted by Gasteiger charge is -2.32. The molecule has 1 N–H and O–H groups in total. The van der Waals surface area contributed by atoms with Crippen LogP contribution in [0.5, 0.6) is 0 Å². The third-order valence-corrected chi connectivity index (χ3v) is 5.37. The van der Waals surface area contributed by atoms with Crippen molar-refractivity contribution in [3.05, 3.63) is 64.6 Å². The molecule has 0 bridgehead atoms. The van der Waals surface area contributed by atoms with E-state index in [2.05, 4.69) is 25.3 Å². The number of amides is 1. The molecule has 1 atom stereocenters. The predicted octanol–water partition coefficient (Wildman–Crippen LogP) is 3.01. The fraction of sp³-hybridized carbons (Fsp3) is 0.316. The standard InChI is InChI=1S/C19H18ClN7O2/c1-10(2)17-23-24-18(29-17)19(28)26-7-5-12-15(22-9-21-12)16(26)13-8-14-11(20)4-3-6-27(14)25-13/h3-4,6,8-10,16H,5,7H2,1-2H3,(H,21,22)/t16-/m1/s1. The number of hydrogen-bond donors (Lipinski definition) is 1. The SMILES string of the molecule is CC(C)c1nnc(C(=O)N2CCc3[nH]cnc3[C@H]2c2cc3c(Cl)cccn3n2)o1. The molecular formula is C19H18ClN7O2. The predicted molar refractivity (Wildman–Crippen MR) is 104 cm³/mol. The number of nitrogens with one attached hydrogen (secondary N) is 1. The number of hydrogen-bond acceptors (Lipinski definition) is 6. The minimum Gasteiger partial charge on any atom is -0.417 e. The van der Waals surface area contributed by atoms with Crippen molar-refractivity contribution in [1.82, 2.24) is 34.7 Å². The van der Waals surface area contributed by atoms with E-state index >= 15 is 0 Å². The Morgan fingerprint density at radius 2 is 2.24 bits per heavy atom. The van der Waals surface area contributed by atoms with Crippen molar-refractivity contribution in [3.63, 3.8) is 0 Å². The van der Waals surface area contributed by atoms with E-state index in [1.165, 1.54) is 0 Å². The van der Waals surface area contributed by atoms with E-state index in [4.69, 9.17) is 16.0 Å². The molecule has 1 aliphatic heterocycles. The minimum atomic E-state index is -0.483. The molecule has 9 nitrogen and oxygen atoms in total. The van der Waals surface area contributed by atoms with Crippen LogP contribution in [0, 0.1) is 0 Å². The second kappa shape index (κ2) is 6.70. The van der Waals surface area contributed by atoms with Gasteiger partial charge in [0.1, 0.15) is 6.04 Å². The Morgan fingerprint density at radius 1 is 1.38 bits per heavy atom. The summed E-state index contributed by atoms with van der Waals surface area (Å²) < 4.78 is 7.30. The van der Waals surface area contributed by atoms with E-state index < -0.39 is 6.04 Å². The average Bonchev–Trinajstić information content (AvgIpc) is 3.44. The highest BCUT2D eigenvalue weighted by molar-refractivity contribution is 6.33. The lowest BCUT2D eigenvalue weighted by atomic mass is 9.99. The molecule has 5 heterocycles. The lowest BCUT2D eigenvalue weighted by Crippen LogP contribution is -2.41. The molecule has 0 saturated carbocycles. The maximum Gasteiger partial charge on any atom is 0.312 e. The molecule has 1 amide bonds. The number of carbonyl (C=O) groups is 1. The van der Waals surface area contributed by atoms with Gasteiger partial charge in [0.2, 0.25) is 5.89 Å². The van der Waals surface area contributed by atoms with Crippen LogP contribution in [-0.2, 0) is 6.42 Å². The Bertz CT molecular complexity index is 1210. The molecule has 0 spiro atoms. The largest absolute Gasteiger partial charge is 0.417 e. The van der Waals surface area contributed by atoms with E-state index in [0.29, 0.717) is 29.6 Å². The first-order valence-corrected chi connectivity index (χ1v) is 9.71. The van der Waals surface area contributed by atoms with Gasteiger partial charge in [-0.15, -0.1) is 10.2 Å². The number of nitrogens with zero attached hydrogens (tertiary/aromatic N) is 6. The molecule has 0 unspecified atom stereocenters. The van der Waals surface area contributed by atoms with Crippen molar-refractivity contribution in [2.75, 3.05) is 6.54 Å². The molecule has 1 aliphatic rings. The molecule has 4 aromatic rings. The maximum absolute atomic E-state index is 13.3. The average molecular weight is 412 g/mol. The van der Waals surface area contributed by atoms with Crippen LogP contribution in [0.25, 0.3) is 5.52 Å². The van der Waals surface area contributed by atoms with Gasteiger partial charge in [0, 0.05) is 30.8 Å². The summed E-state index contributed by atoms with van der Waals surface area (Å²) in [6.45, 7) is 4.34. The summed E-state index contributed by atoms with van der Waals surface area (Å²) in [5.74, 6) is 0.104. The number of carbonyl (C=O) groups excluding carboxylic acids is 1. The van der Waals surface area contributed by atoms with Gasteiger partial charge in [-0.3, -0.25) is 4.79 Å². The molecule has 0 fully saturated rings. The highest BCUT2D eigenvalue weighted by Gasteiger charge is 2.38. The molecule has 4 aromatic heterocycles. The fourth-order valence-corrected chi connectivity index (χ4v) is 3.82. The lowest BCUT2D eigenvalue weighted by molar-refractivity contribution is 0.0643. The summed E-state index contributed by atoms with van der Waals surface area (Å²) in [5.41, 5.74) is 3.17. The molecule has 0 aromatic carbocycles. The van der Waals surface area contributed by atoms with Gasteiger partial charge in [-0.25, -0.2) is 9.50 Å². The van der Waals surface area contributed by atoms with E-state index in [0.717, 1.165) is 16.9 Å². The van der Waals surface area contributed by atoms with Crippen LogP contribution in [0.2, 0.25) is 5.02 Å². The zero-order valence-corrected chi connectivity index (χ0v) is 16.6. The number of aromatic nitrogens is 6. The summed E-state index contributed by atoms with van der Waals surface area (Å²) >= 11 is 6.32. The van der Waals surface area contributed by atoms with Crippen molar-refractivity contribution >= 4 is 23.0 Å². The molecule has 29 heavy (non-hydrogen) atoms. The third-order valence-electron chi connectivity index (χ3n) is 5.05. The second-order valence-electron chi connectivity index (χ2n) is 7.27. The Hall–Kier alpha value is -3.20. The van der Waals surface area contributed by atoms with E-state index in [1.54, 1.807) is 21.8 Å². The molecule has 10 heteroatoms. The quantitative estimate of drug-likeness (QED) is 0.555. The zero-order chi connectivity index (χ0) is 20.1. The summed E-state index contributed by atoms with van der Waals surface area (Å²) in [7, 11) is 0. The molecule has 5 rings (SSSR count). The van der Waals surface area contributed by atoms with Crippen molar-refractivity contribution in [2.24, 2.45) is 0 Å². The topological polar surface area (TPSA) is 105 Å². The number of H-pyrrole nitrogens is 1. The Balaban J connectivity index is 1.60. The van der Waals surface area contributed by atoms with E-state index in [-0.39, 0.29) is 17.7 Å². The monoisotopic (exact) mass is 411 g/mol. The van der Waals surface area contributed by atoms with Gasteiger partial charge in [0.05, 0.1) is 28.3 Å². The molecule has 148 valence electrons. The van der Waals surface area contributed by atoms with Crippen molar-refractivity contribution in [3.8, 4) is 0 Å². The number of imidazole rings is 1. The molecule has 0 radical (unpaired) electrons. The van der Waals surface area contributed by atoms with Crippen LogP contribution in [0.1, 0.15) is 59.5 Å². The van der Waals surface area contributed by atoms with Crippen molar-refractivity contribution < 1.29 is 9.21 Å². The Morgan fingerprint density at radius 3 is 3.00 bits per heavy atom. The number of aromatic amines is 1. The third kappa shape index (κ3) is 2.89. The number of fused-ring (bicyclic) bond motifs is 2. The van der Waals surface area contributed by atoms with Crippen LogP contribution in [0.15, 0.2) is 35.1 Å². The smallest absolute Gasteiger partial charge is 0.312 e. The van der Waals surface area contributed by atoms with Crippen LogP contribution in [0.3, 0.4) is 0 Å². The van der Waals surface area contributed by atoms with Crippen molar-refractivity contribution in [2.45, 2.75) is 32.2 Å². The zero-order valence-electron chi connectivity index (χ0n) is 15.8. The fourth-order valence-electron chi connectivity index (χ4n) is 3.61. The first kappa shape index (κ1) is 17.9. The van der Waals surface area contributed by atoms with Crippen LogP contribution < -0.4 is 0 Å². The van der Waals surface area contributed by atoms with Gasteiger partial charge in [-0.2, -0.15) is 5.10 Å². The normalized spacial score (nSPS) is 16.6. The highest BCUT2D eigenvalue weighted by Crippen LogP contribution is 2.35. The van der Waals surface area contributed by atoms with Crippen LogP contribution in [-0.4, -0.2) is 47.1 Å². The minimum absolute atomic E-state index is 0.0283. The van der Waals surface area contributed by atoms with Gasteiger partial charge >= 0.3 is 11.8 Å².